The average molecular weight is 362 g/mol. The lowest BCUT2D eigenvalue weighted by molar-refractivity contribution is -0.116. The molecule has 0 aliphatic rings. The number of anilines is 2. The summed E-state index contributed by atoms with van der Waals surface area (Å²) in [5.41, 5.74) is 2.84. The fourth-order valence-electron chi connectivity index (χ4n) is 2.84. The van der Waals surface area contributed by atoms with Crippen molar-refractivity contribution in [3.05, 3.63) is 71.8 Å². The minimum atomic E-state index is -0.483. The first-order chi connectivity index (χ1) is 13.0. The molecule has 138 valence electrons. The second kappa shape index (κ2) is 7.91. The van der Waals surface area contributed by atoms with Gasteiger partial charge in [-0.15, -0.1) is 0 Å². The number of esters is 1. The van der Waals surface area contributed by atoms with Crippen LogP contribution in [-0.2, 0) is 9.53 Å². The Hall–Kier alpha value is -3.34. The molecule has 0 radical (unpaired) electrons. The van der Waals surface area contributed by atoms with Crippen molar-refractivity contribution in [1.82, 2.24) is 0 Å². The van der Waals surface area contributed by atoms with Gasteiger partial charge in [0.2, 0.25) is 5.91 Å². The van der Waals surface area contributed by atoms with Gasteiger partial charge in [0.1, 0.15) is 6.04 Å². The van der Waals surface area contributed by atoms with E-state index in [1.54, 1.807) is 19.1 Å². The van der Waals surface area contributed by atoms with Gasteiger partial charge in [-0.3, -0.25) is 4.79 Å². The first-order valence-electron chi connectivity index (χ1n) is 8.73. The van der Waals surface area contributed by atoms with E-state index in [1.165, 1.54) is 7.11 Å². The van der Waals surface area contributed by atoms with Crippen LogP contribution in [0.5, 0.6) is 0 Å². The Kier molecular flexibility index (Phi) is 5.41. The summed E-state index contributed by atoms with van der Waals surface area (Å²) in [7, 11) is 1.34. The summed E-state index contributed by atoms with van der Waals surface area (Å²) in [6.07, 6.45) is 0. The molecule has 0 aliphatic heterocycles. The Labute approximate surface area is 158 Å². The zero-order chi connectivity index (χ0) is 19.4. The number of amides is 1. The van der Waals surface area contributed by atoms with Gasteiger partial charge in [0.05, 0.1) is 12.7 Å². The van der Waals surface area contributed by atoms with E-state index in [2.05, 4.69) is 10.6 Å². The maximum Gasteiger partial charge on any atom is 0.337 e. The van der Waals surface area contributed by atoms with E-state index < -0.39 is 12.0 Å². The van der Waals surface area contributed by atoms with Gasteiger partial charge in [0, 0.05) is 11.4 Å². The van der Waals surface area contributed by atoms with Crippen LogP contribution in [0.2, 0.25) is 0 Å². The molecule has 0 saturated carbocycles. The van der Waals surface area contributed by atoms with Gasteiger partial charge in [-0.25, -0.2) is 4.79 Å². The monoisotopic (exact) mass is 362 g/mol. The van der Waals surface area contributed by atoms with E-state index in [9.17, 15) is 9.59 Å². The van der Waals surface area contributed by atoms with Crippen molar-refractivity contribution in [3.8, 4) is 0 Å². The SMILES string of the molecule is COC(=O)c1ccc(C)c(N[C@@H](C)C(=O)Nc2ccc3ccccc3c2)c1. The molecule has 0 bridgehead atoms. The van der Waals surface area contributed by atoms with Crippen molar-refractivity contribution in [3.63, 3.8) is 0 Å². The molecule has 0 saturated heterocycles. The normalized spacial score (nSPS) is 11.7. The number of hydrogen-bond donors (Lipinski definition) is 2. The first kappa shape index (κ1) is 18.5. The van der Waals surface area contributed by atoms with Crippen molar-refractivity contribution in [2.24, 2.45) is 0 Å². The smallest absolute Gasteiger partial charge is 0.337 e. The van der Waals surface area contributed by atoms with Crippen LogP contribution < -0.4 is 10.6 Å². The third-order valence-electron chi connectivity index (χ3n) is 4.44. The molecule has 0 unspecified atom stereocenters. The number of carbonyl (C=O) groups excluding carboxylic acids is 2. The highest BCUT2D eigenvalue weighted by Gasteiger charge is 2.15. The Balaban J connectivity index is 1.72. The number of ether oxygens (including phenoxy) is 1. The van der Waals surface area contributed by atoms with E-state index in [4.69, 9.17) is 4.74 Å². The molecule has 0 spiro atoms. The van der Waals surface area contributed by atoms with Crippen LogP contribution in [0.3, 0.4) is 0 Å². The molecule has 0 fully saturated rings. The zero-order valence-electron chi connectivity index (χ0n) is 15.6. The lowest BCUT2D eigenvalue weighted by Crippen LogP contribution is -2.32. The largest absolute Gasteiger partial charge is 0.465 e. The number of benzene rings is 3. The van der Waals surface area contributed by atoms with Gasteiger partial charge in [0.25, 0.3) is 0 Å². The molecule has 0 heterocycles. The van der Waals surface area contributed by atoms with Crippen molar-refractivity contribution in [2.45, 2.75) is 19.9 Å². The van der Waals surface area contributed by atoms with Crippen LogP contribution >= 0.6 is 0 Å². The quantitative estimate of drug-likeness (QED) is 0.661. The summed E-state index contributed by atoms with van der Waals surface area (Å²) < 4.78 is 4.75. The average Bonchev–Trinajstić information content (AvgIpc) is 2.68. The second-order valence-corrected chi connectivity index (χ2v) is 6.44. The van der Waals surface area contributed by atoms with Gasteiger partial charge >= 0.3 is 5.97 Å². The number of hydrogen-bond acceptors (Lipinski definition) is 4. The Bertz CT molecular complexity index is 998. The highest BCUT2D eigenvalue weighted by atomic mass is 16.5. The molecule has 3 aromatic rings. The van der Waals surface area contributed by atoms with Crippen LogP contribution in [0.4, 0.5) is 11.4 Å². The zero-order valence-corrected chi connectivity index (χ0v) is 15.6. The fraction of sp³-hybridized carbons (Fsp3) is 0.182. The van der Waals surface area contributed by atoms with Crippen molar-refractivity contribution in [1.29, 1.82) is 0 Å². The van der Waals surface area contributed by atoms with Gasteiger partial charge in [-0.2, -0.15) is 0 Å². The topological polar surface area (TPSA) is 67.4 Å². The molecule has 0 aromatic heterocycles. The molecule has 1 atom stereocenters. The Morgan fingerprint density at radius 1 is 0.963 bits per heavy atom. The van der Waals surface area contributed by atoms with Gasteiger partial charge in [0.15, 0.2) is 0 Å². The number of aryl methyl sites for hydroxylation is 1. The summed E-state index contributed by atoms with van der Waals surface area (Å²) in [4.78, 5) is 24.3. The molecule has 3 rings (SSSR count). The number of methoxy groups -OCH3 is 1. The van der Waals surface area contributed by atoms with Crippen LogP contribution in [0.25, 0.3) is 10.8 Å². The summed E-state index contributed by atoms with van der Waals surface area (Å²) in [6, 6.07) is 18.5. The van der Waals surface area contributed by atoms with E-state index in [-0.39, 0.29) is 5.91 Å². The number of carbonyl (C=O) groups is 2. The minimum absolute atomic E-state index is 0.159. The molecule has 1 amide bonds. The Morgan fingerprint density at radius 3 is 2.44 bits per heavy atom. The van der Waals surface area contributed by atoms with Crippen LogP contribution in [0.15, 0.2) is 60.7 Å². The van der Waals surface area contributed by atoms with E-state index in [1.807, 2.05) is 55.5 Å². The van der Waals surface area contributed by atoms with Gasteiger partial charge in [-0.1, -0.05) is 36.4 Å². The highest BCUT2D eigenvalue weighted by Crippen LogP contribution is 2.21. The molecule has 3 aromatic carbocycles. The van der Waals surface area contributed by atoms with Crippen LogP contribution in [-0.4, -0.2) is 25.0 Å². The van der Waals surface area contributed by atoms with Crippen molar-refractivity contribution >= 4 is 34.0 Å². The van der Waals surface area contributed by atoms with Gasteiger partial charge in [-0.05, 0) is 54.4 Å². The molecule has 0 aliphatic carbocycles. The molecule has 5 heteroatoms. The third kappa shape index (κ3) is 4.26. The highest BCUT2D eigenvalue weighted by molar-refractivity contribution is 5.98. The molecular weight excluding hydrogens is 340 g/mol. The fourth-order valence-corrected chi connectivity index (χ4v) is 2.84. The third-order valence-corrected chi connectivity index (χ3v) is 4.44. The predicted molar refractivity (Wildman–Crippen MR) is 108 cm³/mol. The summed E-state index contributed by atoms with van der Waals surface area (Å²) in [5, 5.41) is 8.29. The summed E-state index contributed by atoms with van der Waals surface area (Å²) >= 11 is 0. The molecule has 2 N–H and O–H groups in total. The maximum atomic E-state index is 12.6. The summed E-state index contributed by atoms with van der Waals surface area (Å²) in [6.45, 7) is 3.69. The number of fused-ring (bicyclic) bond motifs is 1. The second-order valence-electron chi connectivity index (χ2n) is 6.44. The van der Waals surface area contributed by atoms with Crippen LogP contribution in [0.1, 0.15) is 22.8 Å². The molecule has 5 nitrogen and oxygen atoms in total. The number of nitrogens with one attached hydrogen (secondary N) is 2. The predicted octanol–water partition coefficient (Wildman–Crippen LogP) is 4.37. The van der Waals surface area contributed by atoms with E-state index in [0.717, 1.165) is 27.7 Å². The lowest BCUT2D eigenvalue weighted by atomic mass is 10.1. The first-order valence-corrected chi connectivity index (χ1v) is 8.73. The summed E-state index contributed by atoms with van der Waals surface area (Å²) in [5.74, 6) is -0.570. The van der Waals surface area contributed by atoms with Crippen molar-refractivity contribution < 1.29 is 14.3 Å². The number of rotatable bonds is 5. The lowest BCUT2D eigenvalue weighted by Gasteiger charge is -2.17. The van der Waals surface area contributed by atoms with E-state index >= 15 is 0 Å². The standard InChI is InChI=1S/C22H22N2O3/c1-14-8-9-18(22(26)27-3)13-20(14)23-15(2)21(25)24-19-11-10-16-6-4-5-7-17(16)12-19/h4-13,15,23H,1-3H3,(H,24,25)/t15-/m0/s1. The minimum Gasteiger partial charge on any atom is -0.465 e. The van der Waals surface area contributed by atoms with Gasteiger partial charge < -0.3 is 15.4 Å². The maximum absolute atomic E-state index is 12.6. The molecule has 27 heavy (non-hydrogen) atoms. The Morgan fingerprint density at radius 2 is 1.70 bits per heavy atom. The van der Waals surface area contributed by atoms with Crippen LogP contribution in [0, 0.1) is 6.92 Å². The van der Waals surface area contributed by atoms with E-state index in [0.29, 0.717) is 5.56 Å². The molecular formula is C22H22N2O3. The van der Waals surface area contributed by atoms with Crippen molar-refractivity contribution in [2.75, 3.05) is 17.7 Å².